The van der Waals surface area contributed by atoms with Crippen LogP contribution in [0.4, 0.5) is 0 Å². The van der Waals surface area contributed by atoms with Crippen molar-refractivity contribution in [1.29, 1.82) is 0 Å². The molecule has 1 aliphatic carbocycles. The molecule has 4 heteroatoms. The Bertz CT molecular complexity index is 2500. The van der Waals surface area contributed by atoms with Crippen LogP contribution in [-0.4, -0.2) is 9.55 Å². The van der Waals surface area contributed by atoms with E-state index in [2.05, 4.69) is 90.1 Å². The number of para-hydroxylation sites is 1. The Balaban J connectivity index is 1.25. The van der Waals surface area contributed by atoms with Gasteiger partial charge in [0.2, 0.25) is 5.43 Å². The summed E-state index contributed by atoms with van der Waals surface area (Å²) in [5.74, 6) is 0. The van der Waals surface area contributed by atoms with Gasteiger partial charge < -0.3 is 8.98 Å². The Morgan fingerprint density at radius 2 is 1.44 bits per heavy atom. The van der Waals surface area contributed by atoms with Crippen molar-refractivity contribution in [1.82, 2.24) is 9.55 Å². The second-order valence-electron chi connectivity index (χ2n) is 12.0. The fraction of sp³-hybridized carbons (Fsp3) is 0.0769. The molecule has 8 aromatic rings. The number of hydrogen-bond acceptors (Lipinski definition) is 3. The van der Waals surface area contributed by atoms with Gasteiger partial charge >= 0.3 is 0 Å². The molecule has 4 nitrogen and oxygen atoms in total. The lowest BCUT2D eigenvalue weighted by Gasteiger charge is -2.21. The van der Waals surface area contributed by atoms with Crippen molar-refractivity contribution < 1.29 is 4.42 Å². The minimum absolute atomic E-state index is 0.00911. The summed E-state index contributed by atoms with van der Waals surface area (Å²) in [6.45, 7) is 4.64. The Kier molecular flexibility index (Phi) is 4.79. The fourth-order valence-electron chi connectivity index (χ4n) is 7.19. The van der Waals surface area contributed by atoms with E-state index in [1.165, 1.54) is 38.5 Å². The standard InChI is InChI=1S/C39H26N2O2/c1-39(2)31-9-5-3-7-28(31)36-32(39)17-16-27-26-19-20-40-22-33(26)41(37(27)36)25-14-11-23(12-15-25)24-13-18-35-30(21-24)38(42)29-8-4-6-10-34(29)43-35/h3-22H,1-2H3. The molecule has 43 heavy (non-hydrogen) atoms. The van der Waals surface area contributed by atoms with E-state index in [1.54, 1.807) is 0 Å². The van der Waals surface area contributed by atoms with E-state index in [9.17, 15) is 4.79 Å². The maximum absolute atomic E-state index is 13.3. The van der Waals surface area contributed by atoms with Gasteiger partial charge in [-0.05, 0) is 70.3 Å². The second-order valence-corrected chi connectivity index (χ2v) is 12.0. The molecule has 0 saturated heterocycles. The predicted molar refractivity (Wildman–Crippen MR) is 175 cm³/mol. The lowest BCUT2D eigenvalue weighted by Crippen LogP contribution is -2.14. The molecule has 0 aliphatic heterocycles. The van der Waals surface area contributed by atoms with Crippen molar-refractivity contribution in [3.05, 3.63) is 143 Å². The summed E-state index contributed by atoms with van der Waals surface area (Å²) in [5.41, 5.74) is 11.8. The highest BCUT2D eigenvalue weighted by Gasteiger charge is 2.37. The molecule has 0 fully saturated rings. The number of benzene rings is 5. The van der Waals surface area contributed by atoms with Crippen LogP contribution in [0.1, 0.15) is 25.0 Å². The van der Waals surface area contributed by atoms with E-state index in [1.807, 2.05) is 54.9 Å². The van der Waals surface area contributed by atoms with E-state index in [-0.39, 0.29) is 10.8 Å². The van der Waals surface area contributed by atoms with Crippen LogP contribution >= 0.6 is 0 Å². The van der Waals surface area contributed by atoms with Crippen LogP contribution in [0.3, 0.4) is 0 Å². The quantitative estimate of drug-likeness (QED) is 0.200. The molecule has 1 aliphatic rings. The third-order valence-electron chi connectivity index (χ3n) is 9.31. The van der Waals surface area contributed by atoms with Crippen molar-refractivity contribution in [3.8, 4) is 27.9 Å². The maximum Gasteiger partial charge on any atom is 0.200 e. The summed E-state index contributed by atoms with van der Waals surface area (Å²) >= 11 is 0. The summed E-state index contributed by atoms with van der Waals surface area (Å²) < 4.78 is 8.40. The summed E-state index contributed by atoms with van der Waals surface area (Å²) in [6, 6.07) is 37.4. The highest BCUT2D eigenvalue weighted by atomic mass is 16.3. The molecule has 3 aromatic heterocycles. The van der Waals surface area contributed by atoms with Gasteiger partial charge in [0.15, 0.2) is 0 Å². The molecule has 5 aromatic carbocycles. The van der Waals surface area contributed by atoms with E-state index in [0.717, 1.165) is 22.3 Å². The third kappa shape index (κ3) is 3.26. The van der Waals surface area contributed by atoms with Gasteiger partial charge in [-0.25, -0.2) is 0 Å². The molecule has 0 radical (unpaired) electrons. The number of rotatable bonds is 2. The first-order valence-electron chi connectivity index (χ1n) is 14.6. The fourth-order valence-corrected chi connectivity index (χ4v) is 7.19. The number of aromatic nitrogens is 2. The van der Waals surface area contributed by atoms with Crippen molar-refractivity contribution in [2.75, 3.05) is 0 Å². The Morgan fingerprint density at radius 1 is 0.674 bits per heavy atom. The van der Waals surface area contributed by atoms with Crippen molar-refractivity contribution >= 4 is 43.7 Å². The summed E-state index contributed by atoms with van der Waals surface area (Å²) in [7, 11) is 0. The smallest absolute Gasteiger partial charge is 0.200 e. The summed E-state index contributed by atoms with van der Waals surface area (Å²) in [4.78, 5) is 17.8. The predicted octanol–water partition coefficient (Wildman–Crippen LogP) is 9.41. The van der Waals surface area contributed by atoms with Gasteiger partial charge in [-0.2, -0.15) is 0 Å². The second kappa shape index (κ2) is 8.52. The lowest BCUT2D eigenvalue weighted by atomic mass is 9.82. The molecular weight excluding hydrogens is 528 g/mol. The first kappa shape index (κ1) is 24.2. The monoisotopic (exact) mass is 554 g/mol. The van der Waals surface area contributed by atoms with Gasteiger partial charge in [-0.15, -0.1) is 0 Å². The summed E-state index contributed by atoms with van der Waals surface area (Å²) in [6.07, 6.45) is 3.84. The lowest BCUT2D eigenvalue weighted by molar-refractivity contribution is 0.660. The van der Waals surface area contributed by atoms with Crippen molar-refractivity contribution in [3.63, 3.8) is 0 Å². The van der Waals surface area contributed by atoms with Crippen LogP contribution in [0, 0.1) is 0 Å². The number of pyridine rings is 1. The van der Waals surface area contributed by atoms with E-state index >= 15 is 0 Å². The molecule has 0 saturated carbocycles. The SMILES string of the molecule is CC1(C)c2ccccc2-c2c1ccc1c3ccncc3n(-c3ccc(-c4ccc5oc6ccccc6c(=O)c5c4)cc3)c21. The third-order valence-corrected chi connectivity index (χ3v) is 9.31. The largest absolute Gasteiger partial charge is 0.456 e. The summed E-state index contributed by atoms with van der Waals surface area (Å²) in [5, 5.41) is 3.60. The van der Waals surface area contributed by atoms with Crippen LogP contribution in [-0.2, 0) is 5.41 Å². The topological polar surface area (TPSA) is 48.0 Å². The Hall–Kier alpha value is -5.48. The molecule has 0 unspecified atom stereocenters. The van der Waals surface area contributed by atoms with Crippen LogP contribution in [0.2, 0.25) is 0 Å². The zero-order valence-corrected chi connectivity index (χ0v) is 23.8. The molecule has 0 atom stereocenters. The van der Waals surface area contributed by atoms with E-state index in [0.29, 0.717) is 21.9 Å². The molecule has 0 amide bonds. The van der Waals surface area contributed by atoms with Crippen molar-refractivity contribution in [2.45, 2.75) is 19.3 Å². The van der Waals surface area contributed by atoms with Crippen LogP contribution < -0.4 is 5.43 Å². The number of hydrogen-bond donors (Lipinski definition) is 0. The first-order chi connectivity index (χ1) is 21.0. The zero-order valence-electron chi connectivity index (χ0n) is 23.8. The first-order valence-corrected chi connectivity index (χ1v) is 14.6. The number of fused-ring (bicyclic) bond motifs is 9. The molecule has 0 N–H and O–H groups in total. The van der Waals surface area contributed by atoms with Gasteiger partial charge in [0.1, 0.15) is 11.2 Å². The van der Waals surface area contributed by atoms with E-state index in [4.69, 9.17) is 4.42 Å². The molecule has 3 heterocycles. The normalized spacial score (nSPS) is 13.6. The molecule has 0 bridgehead atoms. The van der Waals surface area contributed by atoms with Crippen LogP contribution in [0.15, 0.2) is 131 Å². The van der Waals surface area contributed by atoms with Crippen molar-refractivity contribution in [2.24, 2.45) is 0 Å². The molecule has 0 spiro atoms. The molecule has 9 rings (SSSR count). The minimum Gasteiger partial charge on any atom is -0.456 e. The van der Waals surface area contributed by atoms with Gasteiger partial charge in [0.05, 0.1) is 28.0 Å². The van der Waals surface area contributed by atoms with Gasteiger partial charge in [-0.3, -0.25) is 9.78 Å². The highest BCUT2D eigenvalue weighted by Crippen LogP contribution is 2.52. The van der Waals surface area contributed by atoms with Gasteiger partial charge in [0, 0.05) is 33.6 Å². The zero-order chi connectivity index (χ0) is 28.9. The van der Waals surface area contributed by atoms with Gasteiger partial charge in [0.25, 0.3) is 0 Å². The Labute approximate surface area is 247 Å². The van der Waals surface area contributed by atoms with E-state index < -0.39 is 0 Å². The minimum atomic E-state index is -0.0857. The maximum atomic E-state index is 13.3. The molecule has 204 valence electrons. The Morgan fingerprint density at radius 3 is 2.33 bits per heavy atom. The molecular formula is C39H26N2O2. The van der Waals surface area contributed by atoms with Gasteiger partial charge in [-0.1, -0.05) is 80.6 Å². The van der Waals surface area contributed by atoms with Crippen LogP contribution in [0.25, 0.3) is 71.7 Å². The number of nitrogens with zero attached hydrogens (tertiary/aromatic N) is 2. The highest BCUT2D eigenvalue weighted by molar-refractivity contribution is 6.15. The average molecular weight is 555 g/mol. The van der Waals surface area contributed by atoms with Crippen LogP contribution in [0.5, 0.6) is 0 Å². The average Bonchev–Trinajstić information content (AvgIpc) is 3.50.